The number of carbonyl (C=O) groups is 2. The Morgan fingerprint density at radius 2 is 1.22 bits per heavy atom. The first kappa shape index (κ1) is 17.2. The van der Waals surface area contributed by atoms with Gasteiger partial charge >= 0.3 is 0 Å². The van der Waals surface area contributed by atoms with Gasteiger partial charge in [0, 0.05) is 28.7 Å². The number of ketones is 1. The summed E-state index contributed by atoms with van der Waals surface area (Å²) in [6.07, 6.45) is 2.20. The van der Waals surface area contributed by atoms with Gasteiger partial charge in [-0.25, -0.2) is 0 Å². The van der Waals surface area contributed by atoms with Gasteiger partial charge in [-0.2, -0.15) is 0 Å². The van der Waals surface area contributed by atoms with Crippen molar-refractivity contribution in [2.75, 3.05) is 6.54 Å². The third-order valence-electron chi connectivity index (χ3n) is 5.27. The summed E-state index contributed by atoms with van der Waals surface area (Å²) in [5.74, 6) is -0.139. The lowest BCUT2D eigenvalue weighted by Crippen LogP contribution is -2.32. The van der Waals surface area contributed by atoms with E-state index in [1.807, 2.05) is 36.4 Å². The highest BCUT2D eigenvalue weighted by Crippen LogP contribution is 2.47. The maximum absolute atomic E-state index is 12.5. The van der Waals surface area contributed by atoms with Crippen molar-refractivity contribution in [2.24, 2.45) is 0 Å². The number of carbonyl (C=O) groups excluding carboxylic acids is 2. The average molecular weight is 355 g/mol. The molecule has 1 aliphatic rings. The van der Waals surface area contributed by atoms with E-state index in [0.29, 0.717) is 23.2 Å². The fraction of sp³-hybridized carbons (Fsp3) is 0.167. The van der Waals surface area contributed by atoms with E-state index in [1.54, 1.807) is 36.4 Å². The van der Waals surface area contributed by atoms with E-state index in [9.17, 15) is 9.59 Å². The van der Waals surface area contributed by atoms with Crippen molar-refractivity contribution in [1.29, 1.82) is 0 Å². The van der Waals surface area contributed by atoms with Gasteiger partial charge in [0.1, 0.15) is 0 Å². The predicted octanol–water partition coefficient (Wildman–Crippen LogP) is 4.38. The summed E-state index contributed by atoms with van der Waals surface area (Å²) in [5.41, 5.74) is 3.17. The number of hydrogen-bond acceptors (Lipinski definition) is 2. The molecule has 1 aliphatic carbocycles. The molecule has 0 radical (unpaired) electrons. The Kier molecular flexibility index (Phi) is 4.59. The number of hydrogen-bond donors (Lipinski definition) is 1. The summed E-state index contributed by atoms with van der Waals surface area (Å²) in [5, 5.41) is 3.06. The highest BCUT2D eigenvalue weighted by Gasteiger charge is 2.44. The van der Waals surface area contributed by atoms with Crippen LogP contribution in [0.3, 0.4) is 0 Å². The van der Waals surface area contributed by atoms with Crippen LogP contribution in [0, 0.1) is 0 Å². The third-order valence-corrected chi connectivity index (χ3v) is 5.27. The number of nitrogens with one attached hydrogen (secondary N) is 1. The van der Waals surface area contributed by atoms with Crippen LogP contribution < -0.4 is 5.32 Å². The Labute approximate surface area is 159 Å². The molecular formula is C24H21NO2. The van der Waals surface area contributed by atoms with Crippen LogP contribution >= 0.6 is 0 Å². The predicted molar refractivity (Wildman–Crippen MR) is 106 cm³/mol. The molecule has 0 heterocycles. The monoisotopic (exact) mass is 355 g/mol. The van der Waals surface area contributed by atoms with Gasteiger partial charge in [0.05, 0.1) is 0 Å². The molecule has 0 bridgehead atoms. The molecule has 3 nitrogen and oxygen atoms in total. The Morgan fingerprint density at radius 3 is 1.81 bits per heavy atom. The second-order valence-corrected chi connectivity index (χ2v) is 7.10. The van der Waals surface area contributed by atoms with Crippen LogP contribution in [0.1, 0.15) is 44.7 Å². The molecule has 0 aliphatic heterocycles. The lowest BCUT2D eigenvalue weighted by molar-refractivity contribution is 0.0948. The van der Waals surface area contributed by atoms with Crippen LogP contribution in [0.25, 0.3) is 0 Å². The second kappa shape index (κ2) is 7.20. The Balaban J connectivity index is 1.41. The third kappa shape index (κ3) is 3.68. The largest absolute Gasteiger partial charge is 0.351 e. The first-order valence-electron chi connectivity index (χ1n) is 9.22. The summed E-state index contributed by atoms with van der Waals surface area (Å²) in [4.78, 5) is 25.0. The minimum atomic E-state index is -0.101. The molecule has 1 saturated carbocycles. The first-order valence-corrected chi connectivity index (χ1v) is 9.22. The zero-order valence-electron chi connectivity index (χ0n) is 15.0. The van der Waals surface area contributed by atoms with Gasteiger partial charge in [-0.3, -0.25) is 9.59 Å². The summed E-state index contributed by atoms with van der Waals surface area (Å²) >= 11 is 0. The maximum atomic E-state index is 12.5. The molecule has 1 fully saturated rings. The van der Waals surface area contributed by atoms with Crippen LogP contribution in [0.15, 0.2) is 84.9 Å². The molecule has 3 aromatic rings. The quantitative estimate of drug-likeness (QED) is 0.667. The van der Waals surface area contributed by atoms with E-state index < -0.39 is 0 Å². The lowest BCUT2D eigenvalue weighted by Gasteiger charge is -2.16. The molecule has 0 saturated heterocycles. The van der Waals surface area contributed by atoms with Crippen molar-refractivity contribution in [3.8, 4) is 0 Å². The van der Waals surface area contributed by atoms with Crippen molar-refractivity contribution < 1.29 is 9.59 Å². The normalized spacial score (nSPS) is 14.4. The number of benzene rings is 3. The van der Waals surface area contributed by atoms with Crippen LogP contribution in [0.4, 0.5) is 0 Å². The van der Waals surface area contributed by atoms with E-state index in [4.69, 9.17) is 0 Å². The van der Waals surface area contributed by atoms with Crippen molar-refractivity contribution in [3.05, 3.63) is 107 Å². The highest BCUT2D eigenvalue weighted by molar-refractivity contribution is 6.09. The van der Waals surface area contributed by atoms with E-state index in [1.165, 1.54) is 5.56 Å². The van der Waals surface area contributed by atoms with Gasteiger partial charge in [0.15, 0.2) is 5.78 Å². The van der Waals surface area contributed by atoms with E-state index in [-0.39, 0.29) is 17.1 Å². The molecule has 3 aromatic carbocycles. The number of rotatable bonds is 6. The zero-order valence-corrected chi connectivity index (χ0v) is 15.0. The summed E-state index contributed by atoms with van der Waals surface area (Å²) < 4.78 is 0. The molecule has 0 aromatic heterocycles. The van der Waals surface area contributed by atoms with Gasteiger partial charge in [-0.05, 0) is 30.5 Å². The van der Waals surface area contributed by atoms with E-state index in [2.05, 4.69) is 17.4 Å². The standard InChI is InChI=1S/C24H21NO2/c26-22(18-7-3-1-4-8-18)19-11-13-20(14-12-19)23(27)25-17-24(15-16-24)21-9-5-2-6-10-21/h1-14H,15-17H2,(H,25,27). The maximum Gasteiger partial charge on any atom is 0.251 e. The Hall–Kier alpha value is -3.20. The summed E-state index contributed by atoms with van der Waals surface area (Å²) in [6.45, 7) is 0.639. The molecule has 3 heteroatoms. The lowest BCUT2D eigenvalue weighted by atomic mass is 9.96. The van der Waals surface area contributed by atoms with Gasteiger partial charge in [-0.15, -0.1) is 0 Å². The Bertz CT molecular complexity index is 943. The van der Waals surface area contributed by atoms with Gasteiger partial charge in [0.25, 0.3) is 5.91 Å². The van der Waals surface area contributed by atoms with Crippen molar-refractivity contribution in [1.82, 2.24) is 5.32 Å². The summed E-state index contributed by atoms with van der Waals surface area (Å²) in [6, 6.07) is 26.4. The van der Waals surface area contributed by atoms with E-state index >= 15 is 0 Å². The van der Waals surface area contributed by atoms with Crippen LogP contribution in [-0.4, -0.2) is 18.2 Å². The first-order chi connectivity index (χ1) is 13.2. The van der Waals surface area contributed by atoms with Crippen molar-refractivity contribution >= 4 is 11.7 Å². The minimum absolute atomic E-state index is 0.0384. The van der Waals surface area contributed by atoms with Crippen LogP contribution in [0.5, 0.6) is 0 Å². The molecule has 0 atom stereocenters. The van der Waals surface area contributed by atoms with Crippen LogP contribution in [0.2, 0.25) is 0 Å². The molecule has 1 N–H and O–H groups in total. The molecule has 0 spiro atoms. The van der Waals surface area contributed by atoms with Gasteiger partial charge < -0.3 is 5.32 Å². The number of amides is 1. The fourth-order valence-corrected chi connectivity index (χ4v) is 3.39. The highest BCUT2D eigenvalue weighted by atomic mass is 16.1. The molecule has 4 rings (SSSR count). The molecule has 27 heavy (non-hydrogen) atoms. The smallest absolute Gasteiger partial charge is 0.251 e. The van der Waals surface area contributed by atoms with Crippen molar-refractivity contribution in [3.63, 3.8) is 0 Å². The second-order valence-electron chi connectivity index (χ2n) is 7.10. The SMILES string of the molecule is O=C(NCC1(c2ccccc2)CC1)c1ccc(C(=O)c2ccccc2)cc1. The van der Waals surface area contributed by atoms with E-state index in [0.717, 1.165) is 12.8 Å². The molecule has 0 unspecified atom stereocenters. The Morgan fingerprint density at radius 1 is 0.704 bits per heavy atom. The van der Waals surface area contributed by atoms with Gasteiger partial charge in [0.2, 0.25) is 0 Å². The average Bonchev–Trinajstić information content (AvgIpc) is 3.54. The fourth-order valence-electron chi connectivity index (χ4n) is 3.39. The summed E-state index contributed by atoms with van der Waals surface area (Å²) in [7, 11) is 0. The molecule has 134 valence electrons. The molecular weight excluding hydrogens is 334 g/mol. The molecule has 1 amide bonds. The topological polar surface area (TPSA) is 46.2 Å². The van der Waals surface area contributed by atoms with Crippen molar-refractivity contribution in [2.45, 2.75) is 18.3 Å². The minimum Gasteiger partial charge on any atom is -0.351 e. The zero-order chi connectivity index (χ0) is 18.7. The van der Waals surface area contributed by atoms with Crippen LogP contribution in [-0.2, 0) is 5.41 Å². The van der Waals surface area contributed by atoms with Gasteiger partial charge in [-0.1, -0.05) is 72.8 Å².